The van der Waals surface area contributed by atoms with Crippen LogP contribution in [0.4, 0.5) is 0 Å². The molecule has 1 aromatic rings. The predicted molar refractivity (Wildman–Crippen MR) is 102 cm³/mol. The van der Waals surface area contributed by atoms with Crippen LogP contribution >= 0.6 is 24.0 Å². The van der Waals surface area contributed by atoms with Gasteiger partial charge in [-0.15, -0.1) is 30.4 Å². The summed E-state index contributed by atoms with van der Waals surface area (Å²) in [6.07, 6.45) is 5.27. The Morgan fingerprint density at radius 3 is 2.52 bits per heavy atom. The lowest BCUT2D eigenvalue weighted by Gasteiger charge is -2.25. The number of hydrogen-bond donors (Lipinski definition) is 2. The monoisotopic (exact) mass is 399 g/mol. The SMILES string of the molecule is C#CCNC(=NCC(C)(C)c1ccccc1C)NCC.I. The third-order valence-electron chi connectivity index (χ3n) is 3.21. The first-order chi connectivity index (χ1) is 9.51. The second-order valence-corrected chi connectivity index (χ2v) is 5.45. The molecule has 0 aromatic heterocycles. The van der Waals surface area contributed by atoms with Crippen molar-refractivity contribution >= 4 is 29.9 Å². The lowest BCUT2D eigenvalue weighted by Crippen LogP contribution is -2.38. The Kier molecular flexibility index (Phi) is 9.11. The van der Waals surface area contributed by atoms with Crippen LogP contribution in [0.3, 0.4) is 0 Å². The van der Waals surface area contributed by atoms with Crippen molar-refractivity contribution in [1.29, 1.82) is 0 Å². The molecule has 4 heteroatoms. The van der Waals surface area contributed by atoms with Crippen molar-refractivity contribution in [2.45, 2.75) is 33.1 Å². The minimum atomic E-state index is -0.0101. The molecule has 21 heavy (non-hydrogen) atoms. The second-order valence-electron chi connectivity index (χ2n) is 5.45. The summed E-state index contributed by atoms with van der Waals surface area (Å²) in [5.74, 6) is 3.33. The van der Waals surface area contributed by atoms with Crippen LogP contribution in [-0.4, -0.2) is 25.6 Å². The van der Waals surface area contributed by atoms with Gasteiger partial charge < -0.3 is 10.6 Å². The number of halogens is 1. The van der Waals surface area contributed by atoms with E-state index in [9.17, 15) is 0 Å². The van der Waals surface area contributed by atoms with Crippen molar-refractivity contribution in [3.63, 3.8) is 0 Å². The van der Waals surface area contributed by atoms with Gasteiger partial charge in [0, 0.05) is 12.0 Å². The maximum Gasteiger partial charge on any atom is 0.192 e. The van der Waals surface area contributed by atoms with E-state index in [0.717, 1.165) is 12.5 Å². The third kappa shape index (κ3) is 6.38. The van der Waals surface area contributed by atoms with E-state index in [1.807, 2.05) is 6.92 Å². The molecule has 0 aliphatic rings. The Labute approximate surface area is 146 Å². The average molecular weight is 399 g/mol. The van der Waals surface area contributed by atoms with Crippen LogP contribution in [0.25, 0.3) is 0 Å². The number of nitrogens with one attached hydrogen (secondary N) is 2. The Hall–Kier alpha value is -1.22. The molecule has 0 saturated carbocycles. The molecule has 0 radical (unpaired) electrons. The normalized spacial score (nSPS) is 11.3. The fourth-order valence-corrected chi connectivity index (χ4v) is 2.17. The molecule has 2 N–H and O–H groups in total. The summed E-state index contributed by atoms with van der Waals surface area (Å²) in [5.41, 5.74) is 2.62. The Bertz CT molecular complexity index is 501. The van der Waals surface area contributed by atoms with Gasteiger partial charge in [-0.1, -0.05) is 44.0 Å². The van der Waals surface area contributed by atoms with E-state index in [1.54, 1.807) is 0 Å². The van der Waals surface area contributed by atoms with Gasteiger partial charge in [-0.25, -0.2) is 0 Å². The number of rotatable bonds is 5. The van der Waals surface area contributed by atoms with Crippen LogP contribution in [0, 0.1) is 19.3 Å². The van der Waals surface area contributed by atoms with E-state index < -0.39 is 0 Å². The number of nitrogens with zero attached hydrogens (tertiary/aromatic N) is 1. The van der Waals surface area contributed by atoms with Crippen molar-refractivity contribution in [2.24, 2.45) is 4.99 Å². The highest BCUT2D eigenvalue weighted by Gasteiger charge is 2.22. The zero-order chi connectivity index (χ0) is 15.0. The maximum atomic E-state index is 5.27. The van der Waals surface area contributed by atoms with Crippen LogP contribution < -0.4 is 10.6 Å². The number of aliphatic imine (C=N–C) groups is 1. The summed E-state index contributed by atoms with van der Waals surface area (Å²) in [6.45, 7) is 10.6. The van der Waals surface area contributed by atoms with E-state index >= 15 is 0 Å². The standard InChI is InChI=1S/C17H25N3.HI/c1-6-12-19-16(18-7-2)20-13-17(4,5)15-11-9-8-10-14(15)3;/h1,8-11H,7,12-13H2,2-5H3,(H2,18,19,20);1H. The minimum absolute atomic E-state index is 0. The highest BCUT2D eigenvalue weighted by atomic mass is 127. The molecule has 0 saturated heterocycles. The molecule has 0 aliphatic heterocycles. The number of hydrogen-bond acceptors (Lipinski definition) is 1. The number of guanidine groups is 1. The van der Waals surface area contributed by atoms with Crippen molar-refractivity contribution in [2.75, 3.05) is 19.6 Å². The summed E-state index contributed by atoms with van der Waals surface area (Å²) >= 11 is 0. The van der Waals surface area contributed by atoms with Gasteiger partial charge in [-0.3, -0.25) is 4.99 Å². The molecule has 0 spiro atoms. The van der Waals surface area contributed by atoms with Crippen LogP contribution in [0.5, 0.6) is 0 Å². The van der Waals surface area contributed by atoms with Crippen molar-refractivity contribution in [3.8, 4) is 12.3 Å². The van der Waals surface area contributed by atoms with Gasteiger partial charge in [0.1, 0.15) is 0 Å². The van der Waals surface area contributed by atoms with E-state index in [1.165, 1.54) is 11.1 Å². The average Bonchev–Trinajstić information content (AvgIpc) is 2.42. The highest BCUT2D eigenvalue weighted by molar-refractivity contribution is 14.0. The van der Waals surface area contributed by atoms with Crippen LogP contribution in [0.15, 0.2) is 29.3 Å². The molecule has 0 fully saturated rings. The minimum Gasteiger partial charge on any atom is -0.357 e. The van der Waals surface area contributed by atoms with Crippen LogP contribution in [0.1, 0.15) is 31.9 Å². The Morgan fingerprint density at radius 1 is 1.29 bits per heavy atom. The van der Waals surface area contributed by atoms with Gasteiger partial charge in [0.25, 0.3) is 0 Å². The van der Waals surface area contributed by atoms with E-state index in [2.05, 4.69) is 66.6 Å². The first kappa shape index (κ1) is 19.8. The summed E-state index contributed by atoms with van der Waals surface area (Å²) in [4.78, 5) is 4.64. The Morgan fingerprint density at radius 2 is 1.95 bits per heavy atom. The van der Waals surface area contributed by atoms with Crippen molar-refractivity contribution < 1.29 is 0 Å². The third-order valence-corrected chi connectivity index (χ3v) is 3.21. The number of benzene rings is 1. The summed E-state index contributed by atoms with van der Waals surface area (Å²) in [7, 11) is 0. The first-order valence-electron chi connectivity index (χ1n) is 7.03. The molecule has 116 valence electrons. The summed E-state index contributed by atoms with van der Waals surface area (Å²) in [5, 5.41) is 6.31. The van der Waals surface area contributed by atoms with Gasteiger partial charge in [-0.2, -0.15) is 0 Å². The molecule has 0 bridgehead atoms. The molecular formula is C17H26IN3. The zero-order valence-corrected chi connectivity index (χ0v) is 15.7. The predicted octanol–water partition coefficient (Wildman–Crippen LogP) is 3.08. The van der Waals surface area contributed by atoms with E-state index in [0.29, 0.717) is 13.1 Å². The number of aryl methyl sites for hydroxylation is 1. The molecular weight excluding hydrogens is 373 g/mol. The largest absolute Gasteiger partial charge is 0.357 e. The zero-order valence-electron chi connectivity index (χ0n) is 13.4. The lowest BCUT2D eigenvalue weighted by atomic mass is 9.82. The quantitative estimate of drug-likeness (QED) is 0.346. The fraction of sp³-hybridized carbons (Fsp3) is 0.471. The molecule has 0 heterocycles. The first-order valence-corrected chi connectivity index (χ1v) is 7.03. The maximum absolute atomic E-state index is 5.27. The van der Waals surface area contributed by atoms with Crippen LogP contribution in [-0.2, 0) is 5.41 Å². The topological polar surface area (TPSA) is 36.4 Å². The van der Waals surface area contributed by atoms with Gasteiger partial charge in [-0.05, 0) is 25.0 Å². The van der Waals surface area contributed by atoms with Crippen LogP contribution in [0.2, 0.25) is 0 Å². The van der Waals surface area contributed by atoms with E-state index in [4.69, 9.17) is 6.42 Å². The molecule has 0 unspecified atom stereocenters. The number of terminal acetylenes is 1. The lowest BCUT2D eigenvalue weighted by molar-refractivity contribution is 0.534. The molecule has 1 rings (SSSR count). The van der Waals surface area contributed by atoms with Gasteiger partial charge >= 0.3 is 0 Å². The molecule has 0 aliphatic carbocycles. The van der Waals surface area contributed by atoms with Crippen molar-refractivity contribution in [1.82, 2.24) is 10.6 Å². The summed E-state index contributed by atoms with van der Waals surface area (Å²) < 4.78 is 0. The smallest absolute Gasteiger partial charge is 0.192 e. The molecule has 0 amide bonds. The van der Waals surface area contributed by atoms with Gasteiger partial charge in [0.15, 0.2) is 5.96 Å². The molecule has 3 nitrogen and oxygen atoms in total. The van der Waals surface area contributed by atoms with Gasteiger partial charge in [0.05, 0.1) is 13.1 Å². The molecule has 1 aromatic carbocycles. The van der Waals surface area contributed by atoms with E-state index in [-0.39, 0.29) is 29.4 Å². The van der Waals surface area contributed by atoms with Crippen molar-refractivity contribution in [3.05, 3.63) is 35.4 Å². The fourth-order valence-electron chi connectivity index (χ4n) is 2.17. The van der Waals surface area contributed by atoms with Gasteiger partial charge in [0.2, 0.25) is 0 Å². The second kappa shape index (κ2) is 9.67. The summed E-state index contributed by atoms with van der Waals surface area (Å²) in [6, 6.07) is 8.46. The molecule has 0 atom stereocenters. The Balaban J connectivity index is 0.00000400. The highest BCUT2D eigenvalue weighted by Crippen LogP contribution is 2.26.